The van der Waals surface area contributed by atoms with E-state index in [0.29, 0.717) is 0 Å². The summed E-state index contributed by atoms with van der Waals surface area (Å²) in [5.74, 6) is 0. The zero-order chi connectivity index (χ0) is 10.0. The Morgan fingerprint density at radius 2 is 2.07 bits per heavy atom. The summed E-state index contributed by atoms with van der Waals surface area (Å²) in [6.45, 7) is 3.75. The second-order valence-corrected chi connectivity index (χ2v) is 3.99. The predicted molar refractivity (Wildman–Crippen MR) is 58.1 cm³/mol. The minimum absolute atomic E-state index is 0.799. The van der Waals surface area contributed by atoms with Gasteiger partial charge in [-0.25, -0.2) is 0 Å². The fourth-order valence-electron chi connectivity index (χ4n) is 2.22. The van der Waals surface area contributed by atoms with E-state index in [4.69, 9.17) is 0 Å². The monoisotopic (exact) mass is 188 g/mol. The summed E-state index contributed by atoms with van der Waals surface area (Å²) in [5, 5.41) is 10.4. The molecule has 1 atom stereocenters. The predicted octanol–water partition coefficient (Wildman–Crippen LogP) is 2.79. The van der Waals surface area contributed by atoms with E-state index in [0.717, 1.165) is 31.2 Å². The molecule has 1 aromatic carbocycles. The number of rotatable bonds is 1. The number of benzene rings is 1. The van der Waals surface area contributed by atoms with Crippen LogP contribution >= 0.6 is 0 Å². The molecule has 1 unspecified atom stereocenters. The Kier molecular flexibility index (Phi) is 2.42. The van der Waals surface area contributed by atoms with E-state index in [1.54, 1.807) is 6.08 Å². The first-order valence-corrected chi connectivity index (χ1v) is 5.20. The Morgan fingerprint density at radius 3 is 2.86 bits per heavy atom. The van der Waals surface area contributed by atoms with Gasteiger partial charge in [-0.1, -0.05) is 36.9 Å². The Balaban J connectivity index is 2.52. The molecule has 0 fully saturated rings. The van der Waals surface area contributed by atoms with Gasteiger partial charge in [0.1, 0.15) is 5.60 Å². The van der Waals surface area contributed by atoms with Crippen molar-refractivity contribution in [2.75, 3.05) is 0 Å². The summed E-state index contributed by atoms with van der Waals surface area (Å²) in [7, 11) is 0. The molecule has 14 heavy (non-hydrogen) atoms. The van der Waals surface area contributed by atoms with Crippen molar-refractivity contribution in [2.45, 2.75) is 31.3 Å². The van der Waals surface area contributed by atoms with Crippen LogP contribution in [-0.2, 0) is 12.0 Å². The minimum atomic E-state index is -0.799. The van der Waals surface area contributed by atoms with E-state index in [2.05, 4.69) is 12.6 Å². The number of hydrogen-bond acceptors (Lipinski definition) is 1. The highest BCUT2D eigenvalue weighted by atomic mass is 16.3. The highest BCUT2D eigenvalue weighted by Gasteiger charge is 2.29. The molecular formula is C13H16O. The Hall–Kier alpha value is -1.08. The molecule has 1 aliphatic carbocycles. The molecule has 1 aromatic rings. The molecule has 1 N–H and O–H groups in total. The van der Waals surface area contributed by atoms with Crippen LogP contribution in [0, 0.1) is 0 Å². The first kappa shape index (κ1) is 9.47. The van der Waals surface area contributed by atoms with Crippen molar-refractivity contribution in [1.29, 1.82) is 0 Å². The van der Waals surface area contributed by atoms with Crippen LogP contribution < -0.4 is 0 Å². The number of hydrogen-bond donors (Lipinski definition) is 1. The van der Waals surface area contributed by atoms with Crippen molar-refractivity contribution < 1.29 is 5.11 Å². The lowest BCUT2D eigenvalue weighted by Gasteiger charge is -2.24. The van der Waals surface area contributed by atoms with Gasteiger partial charge in [-0.05, 0) is 36.8 Å². The van der Waals surface area contributed by atoms with E-state index < -0.39 is 5.60 Å². The first-order valence-electron chi connectivity index (χ1n) is 5.20. The van der Waals surface area contributed by atoms with E-state index >= 15 is 0 Å². The lowest BCUT2D eigenvalue weighted by molar-refractivity contribution is 0.0794. The van der Waals surface area contributed by atoms with Crippen molar-refractivity contribution in [3.8, 4) is 0 Å². The lowest BCUT2D eigenvalue weighted by atomic mass is 9.88. The van der Waals surface area contributed by atoms with Gasteiger partial charge in [0.25, 0.3) is 0 Å². The van der Waals surface area contributed by atoms with Crippen LogP contribution in [0.15, 0.2) is 36.9 Å². The topological polar surface area (TPSA) is 20.2 Å². The zero-order valence-corrected chi connectivity index (χ0v) is 8.37. The second-order valence-electron chi connectivity index (χ2n) is 3.99. The number of fused-ring (bicyclic) bond motifs is 1. The molecule has 0 aliphatic heterocycles. The van der Waals surface area contributed by atoms with Crippen molar-refractivity contribution in [3.63, 3.8) is 0 Å². The van der Waals surface area contributed by atoms with Crippen LogP contribution in [0.5, 0.6) is 0 Å². The molecule has 0 heterocycles. The van der Waals surface area contributed by atoms with Crippen LogP contribution in [0.4, 0.5) is 0 Å². The molecule has 0 radical (unpaired) electrons. The van der Waals surface area contributed by atoms with Gasteiger partial charge >= 0.3 is 0 Å². The third-order valence-electron chi connectivity index (χ3n) is 3.08. The Morgan fingerprint density at radius 1 is 1.29 bits per heavy atom. The summed E-state index contributed by atoms with van der Waals surface area (Å²) in [6.07, 6.45) is 5.78. The highest BCUT2D eigenvalue weighted by molar-refractivity contribution is 5.36. The fraction of sp³-hybridized carbons (Fsp3) is 0.385. The highest BCUT2D eigenvalue weighted by Crippen LogP contribution is 2.34. The van der Waals surface area contributed by atoms with Gasteiger partial charge in [-0.3, -0.25) is 0 Å². The zero-order valence-electron chi connectivity index (χ0n) is 8.37. The van der Waals surface area contributed by atoms with E-state index in [-0.39, 0.29) is 0 Å². The van der Waals surface area contributed by atoms with Crippen molar-refractivity contribution >= 4 is 0 Å². The normalized spacial score (nSPS) is 26.4. The molecule has 0 aromatic heterocycles. The molecule has 1 nitrogen and oxygen atoms in total. The molecule has 74 valence electrons. The number of aryl methyl sites for hydroxylation is 1. The van der Waals surface area contributed by atoms with Crippen LogP contribution in [0.2, 0.25) is 0 Å². The molecular weight excluding hydrogens is 172 g/mol. The lowest BCUT2D eigenvalue weighted by Crippen LogP contribution is -2.22. The van der Waals surface area contributed by atoms with Crippen LogP contribution in [0.25, 0.3) is 0 Å². The number of aliphatic hydroxyl groups is 1. The maximum atomic E-state index is 10.4. The SMILES string of the molecule is C=CC1(O)CCCCc2ccccc21. The van der Waals surface area contributed by atoms with Gasteiger partial charge in [0.05, 0.1) is 0 Å². The summed E-state index contributed by atoms with van der Waals surface area (Å²) in [5.41, 5.74) is 1.52. The molecule has 1 heteroatoms. The average Bonchev–Trinajstić information content (AvgIpc) is 2.40. The quantitative estimate of drug-likeness (QED) is 0.530. The molecule has 0 bridgehead atoms. The van der Waals surface area contributed by atoms with Crippen LogP contribution in [-0.4, -0.2) is 5.11 Å². The van der Waals surface area contributed by atoms with Crippen molar-refractivity contribution in [3.05, 3.63) is 48.0 Å². The standard InChI is InChI=1S/C13H16O/c1-2-13(14)10-6-5-8-11-7-3-4-9-12(11)13/h2-4,7,9,14H,1,5-6,8,10H2. The molecule has 0 spiro atoms. The van der Waals surface area contributed by atoms with Crippen molar-refractivity contribution in [2.24, 2.45) is 0 Å². The Bertz CT molecular complexity index is 343. The maximum absolute atomic E-state index is 10.4. The van der Waals surface area contributed by atoms with Gasteiger partial charge in [-0.2, -0.15) is 0 Å². The molecule has 0 saturated carbocycles. The first-order chi connectivity index (χ1) is 6.76. The van der Waals surface area contributed by atoms with Gasteiger partial charge in [-0.15, -0.1) is 0 Å². The van der Waals surface area contributed by atoms with Gasteiger partial charge in [0.15, 0.2) is 0 Å². The van der Waals surface area contributed by atoms with E-state index in [1.165, 1.54) is 5.56 Å². The molecule has 0 amide bonds. The molecule has 0 saturated heterocycles. The van der Waals surface area contributed by atoms with Gasteiger partial charge in [0.2, 0.25) is 0 Å². The Labute approximate surface area is 85.1 Å². The third-order valence-corrected chi connectivity index (χ3v) is 3.08. The van der Waals surface area contributed by atoms with Crippen LogP contribution in [0.3, 0.4) is 0 Å². The summed E-state index contributed by atoms with van der Waals surface area (Å²) >= 11 is 0. The summed E-state index contributed by atoms with van der Waals surface area (Å²) in [4.78, 5) is 0. The largest absolute Gasteiger partial charge is 0.381 e. The fourth-order valence-corrected chi connectivity index (χ4v) is 2.22. The van der Waals surface area contributed by atoms with E-state index in [1.807, 2.05) is 18.2 Å². The maximum Gasteiger partial charge on any atom is 0.108 e. The molecule has 1 aliphatic rings. The van der Waals surface area contributed by atoms with Gasteiger partial charge in [0, 0.05) is 0 Å². The van der Waals surface area contributed by atoms with Crippen molar-refractivity contribution in [1.82, 2.24) is 0 Å². The summed E-state index contributed by atoms with van der Waals surface area (Å²) in [6, 6.07) is 8.14. The summed E-state index contributed by atoms with van der Waals surface area (Å²) < 4.78 is 0. The van der Waals surface area contributed by atoms with E-state index in [9.17, 15) is 5.11 Å². The third kappa shape index (κ3) is 1.48. The van der Waals surface area contributed by atoms with Crippen LogP contribution in [0.1, 0.15) is 30.4 Å². The second kappa shape index (κ2) is 3.58. The smallest absolute Gasteiger partial charge is 0.108 e. The minimum Gasteiger partial charge on any atom is -0.381 e. The average molecular weight is 188 g/mol. The molecule has 2 rings (SSSR count). The van der Waals surface area contributed by atoms with Gasteiger partial charge < -0.3 is 5.11 Å².